The zero-order chi connectivity index (χ0) is 15.5. The normalized spacial score (nSPS) is 12.6. The van der Waals surface area contributed by atoms with E-state index < -0.39 is 0 Å². The summed E-state index contributed by atoms with van der Waals surface area (Å²) in [6.45, 7) is 1.87. The zero-order valence-electron chi connectivity index (χ0n) is 11.8. The first-order chi connectivity index (χ1) is 10.7. The lowest BCUT2D eigenvalue weighted by molar-refractivity contribution is 0.0958. The molecule has 0 bridgehead atoms. The SMILES string of the molecule is COc1cc(/C=N/NC(=O)c2snnc2C)cc2c1OCO2. The first kappa shape index (κ1) is 14.3. The molecule has 9 heteroatoms. The first-order valence-electron chi connectivity index (χ1n) is 6.29. The van der Waals surface area contributed by atoms with Gasteiger partial charge < -0.3 is 14.2 Å². The second kappa shape index (κ2) is 5.98. The number of rotatable bonds is 4. The molecule has 2 aromatic rings. The lowest BCUT2D eigenvalue weighted by atomic mass is 10.2. The maximum atomic E-state index is 11.9. The molecule has 1 N–H and O–H groups in total. The van der Waals surface area contributed by atoms with Gasteiger partial charge in [-0.15, -0.1) is 5.10 Å². The van der Waals surface area contributed by atoms with Crippen LogP contribution in [0.4, 0.5) is 0 Å². The number of carbonyl (C=O) groups excluding carboxylic acids is 1. The monoisotopic (exact) mass is 320 g/mol. The molecule has 2 heterocycles. The van der Waals surface area contributed by atoms with Crippen LogP contribution in [0.2, 0.25) is 0 Å². The van der Waals surface area contributed by atoms with Crippen LogP contribution in [0.25, 0.3) is 0 Å². The zero-order valence-corrected chi connectivity index (χ0v) is 12.6. The number of benzene rings is 1. The number of aryl methyl sites for hydroxylation is 1. The van der Waals surface area contributed by atoms with Crippen molar-refractivity contribution in [3.05, 3.63) is 28.3 Å². The van der Waals surface area contributed by atoms with E-state index in [-0.39, 0.29) is 12.7 Å². The van der Waals surface area contributed by atoms with Crippen LogP contribution in [0.5, 0.6) is 17.2 Å². The Morgan fingerprint density at radius 1 is 1.50 bits per heavy atom. The van der Waals surface area contributed by atoms with E-state index in [4.69, 9.17) is 14.2 Å². The van der Waals surface area contributed by atoms with Gasteiger partial charge in [-0.25, -0.2) is 5.43 Å². The molecule has 1 aromatic heterocycles. The van der Waals surface area contributed by atoms with Crippen LogP contribution in [0, 0.1) is 6.92 Å². The predicted molar refractivity (Wildman–Crippen MR) is 78.8 cm³/mol. The molecular weight excluding hydrogens is 308 g/mol. The minimum atomic E-state index is -0.351. The molecule has 114 valence electrons. The van der Waals surface area contributed by atoms with Crippen molar-refractivity contribution >= 4 is 23.7 Å². The number of hydrazone groups is 1. The van der Waals surface area contributed by atoms with Crippen LogP contribution < -0.4 is 19.6 Å². The number of aromatic nitrogens is 2. The van der Waals surface area contributed by atoms with E-state index in [1.807, 2.05) is 0 Å². The number of nitrogens with zero attached hydrogens (tertiary/aromatic N) is 3. The summed E-state index contributed by atoms with van der Waals surface area (Å²) in [6, 6.07) is 3.49. The Balaban J connectivity index is 1.73. The first-order valence-corrected chi connectivity index (χ1v) is 7.06. The van der Waals surface area contributed by atoms with E-state index >= 15 is 0 Å². The summed E-state index contributed by atoms with van der Waals surface area (Å²) < 4.78 is 19.6. The highest BCUT2D eigenvalue weighted by molar-refractivity contribution is 7.07. The fourth-order valence-electron chi connectivity index (χ4n) is 1.88. The fraction of sp³-hybridized carbons (Fsp3) is 0.231. The van der Waals surface area contributed by atoms with Gasteiger partial charge in [-0.05, 0) is 30.6 Å². The molecule has 0 saturated carbocycles. The van der Waals surface area contributed by atoms with Crippen LogP contribution in [0.1, 0.15) is 20.9 Å². The lowest BCUT2D eigenvalue weighted by Gasteiger charge is -2.05. The number of methoxy groups -OCH3 is 1. The number of amides is 1. The summed E-state index contributed by atoms with van der Waals surface area (Å²) in [5.74, 6) is 1.34. The van der Waals surface area contributed by atoms with Gasteiger partial charge in [-0.3, -0.25) is 4.79 Å². The summed E-state index contributed by atoms with van der Waals surface area (Å²) in [4.78, 5) is 12.3. The van der Waals surface area contributed by atoms with E-state index in [0.717, 1.165) is 11.5 Å². The number of nitrogens with one attached hydrogen (secondary N) is 1. The molecule has 1 aliphatic heterocycles. The number of hydrogen-bond donors (Lipinski definition) is 1. The third kappa shape index (κ3) is 2.70. The van der Waals surface area contributed by atoms with Gasteiger partial charge in [0.15, 0.2) is 11.5 Å². The Labute approximate surface area is 129 Å². The topological polar surface area (TPSA) is 94.9 Å². The molecule has 0 fully saturated rings. The van der Waals surface area contributed by atoms with Gasteiger partial charge in [-0.2, -0.15) is 5.10 Å². The predicted octanol–water partition coefficient (Wildman–Crippen LogP) is 1.35. The van der Waals surface area contributed by atoms with Crippen LogP contribution in [-0.2, 0) is 0 Å². The van der Waals surface area contributed by atoms with Gasteiger partial charge in [0.1, 0.15) is 4.88 Å². The maximum Gasteiger partial charge on any atom is 0.285 e. The van der Waals surface area contributed by atoms with Crippen molar-refractivity contribution < 1.29 is 19.0 Å². The number of carbonyl (C=O) groups is 1. The highest BCUT2D eigenvalue weighted by Crippen LogP contribution is 2.41. The van der Waals surface area contributed by atoms with Crippen molar-refractivity contribution in [3.8, 4) is 17.2 Å². The smallest absolute Gasteiger partial charge is 0.285 e. The van der Waals surface area contributed by atoms with Crippen LogP contribution in [0.15, 0.2) is 17.2 Å². The third-order valence-electron chi connectivity index (χ3n) is 2.92. The van der Waals surface area contributed by atoms with Crippen molar-refractivity contribution in [2.45, 2.75) is 6.92 Å². The molecule has 22 heavy (non-hydrogen) atoms. The molecular formula is C13H12N4O4S. The average Bonchev–Trinajstić information content (AvgIpc) is 3.14. The molecule has 3 rings (SSSR count). The minimum Gasteiger partial charge on any atom is -0.493 e. The van der Waals surface area contributed by atoms with Crippen molar-refractivity contribution in [2.24, 2.45) is 5.10 Å². The third-order valence-corrected chi connectivity index (χ3v) is 3.74. The molecule has 0 saturated heterocycles. The Bertz CT molecular complexity index is 744. The summed E-state index contributed by atoms with van der Waals surface area (Å²) in [7, 11) is 1.54. The van der Waals surface area contributed by atoms with E-state index in [0.29, 0.717) is 33.4 Å². The van der Waals surface area contributed by atoms with Gasteiger partial charge in [-0.1, -0.05) is 4.49 Å². The van der Waals surface area contributed by atoms with Gasteiger partial charge in [0.2, 0.25) is 12.5 Å². The molecule has 0 aliphatic carbocycles. The van der Waals surface area contributed by atoms with Crippen molar-refractivity contribution in [3.63, 3.8) is 0 Å². The van der Waals surface area contributed by atoms with Gasteiger partial charge >= 0.3 is 0 Å². The number of fused-ring (bicyclic) bond motifs is 1. The van der Waals surface area contributed by atoms with Crippen molar-refractivity contribution in [1.29, 1.82) is 0 Å². The standard InChI is InChI=1S/C13H12N4O4S/c1-7-12(22-17-15-7)13(18)16-14-5-8-3-9(19-2)11-10(4-8)20-6-21-11/h3-5H,6H2,1-2H3,(H,16,18)/b14-5+. The molecule has 0 atom stereocenters. The molecule has 0 unspecified atom stereocenters. The number of hydrogen-bond acceptors (Lipinski definition) is 8. The van der Waals surface area contributed by atoms with Crippen molar-refractivity contribution in [1.82, 2.24) is 15.0 Å². The van der Waals surface area contributed by atoms with Gasteiger partial charge in [0, 0.05) is 5.56 Å². The van der Waals surface area contributed by atoms with Crippen LogP contribution in [0.3, 0.4) is 0 Å². The Kier molecular flexibility index (Phi) is 3.88. The second-order valence-corrected chi connectivity index (χ2v) is 5.10. The van der Waals surface area contributed by atoms with E-state index in [9.17, 15) is 4.79 Å². The molecule has 8 nitrogen and oxygen atoms in total. The molecule has 1 amide bonds. The number of ether oxygens (including phenoxy) is 3. The van der Waals surface area contributed by atoms with Crippen LogP contribution in [-0.4, -0.2) is 35.6 Å². The minimum absolute atomic E-state index is 0.153. The van der Waals surface area contributed by atoms with Gasteiger partial charge in [0.05, 0.1) is 19.0 Å². The molecule has 0 spiro atoms. The highest BCUT2D eigenvalue weighted by Gasteiger charge is 2.19. The summed E-state index contributed by atoms with van der Waals surface area (Å²) in [6.07, 6.45) is 1.49. The van der Waals surface area contributed by atoms with E-state index in [1.165, 1.54) is 6.21 Å². The summed E-state index contributed by atoms with van der Waals surface area (Å²) >= 11 is 1.02. The Hall–Kier alpha value is -2.68. The summed E-state index contributed by atoms with van der Waals surface area (Å²) in [5, 5.41) is 7.69. The largest absolute Gasteiger partial charge is 0.493 e. The van der Waals surface area contributed by atoms with Gasteiger partial charge in [0.25, 0.3) is 5.91 Å². The average molecular weight is 320 g/mol. The quantitative estimate of drug-likeness (QED) is 0.675. The fourth-order valence-corrected chi connectivity index (χ4v) is 2.43. The molecule has 0 radical (unpaired) electrons. The van der Waals surface area contributed by atoms with Crippen molar-refractivity contribution in [2.75, 3.05) is 13.9 Å². The Morgan fingerprint density at radius 2 is 2.36 bits per heavy atom. The van der Waals surface area contributed by atoms with E-state index in [1.54, 1.807) is 26.2 Å². The second-order valence-electron chi connectivity index (χ2n) is 4.34. The van der Waals surface area contributed by atoms with Crippen LogP contribution >= 0.6 is 11.5 Å². The molecule has 1 aromatic carbocycles. The highest BCUT2D eigenvalue weighted by atomic mass is 32.1. The maximum absolute atomic E-state index is 11.9. The van der Waals surface area contributed by atoms with E-state index in [2.05, 4.69) is 20.1 Å². The Morgan fingerprint density at radius 3 is 3.09 bits per heavy atom. The lowest BCUT2D eigenvalue weighted by Crippen LogP contribution is -2.17. The summed E-state index contributed by atoms with van der Waals surface area (Å²) in [5.41, 5.74) is 3.71. The molecule has 1 aliphatic rings.